The number of ether oxygens (including phenoxy) is 2. The van der Waals surface area contributed by atoms with Gasteiger partial charge >= 0.3 is 0 Å². The summed E-state index contributed by atoms with van der Waals surface area (Å²) in [6.45, 7) is 0.155. The first-order valence-corrected chi connectivity index (χ1v) is 7.49. The maximum Gasteiger partial charge on any atom is 0.277 e. The van der Waals surface area contributed by atoms with Crippen LogP contribution in [0.25, 0.3) is 0 Å². The van der Waals surface area contributed by atoms with Gasteiger partial charge in [-0.2, -0.15) is 0 Å². The number of carbonyl (C=O) groups is 1. The molecule has 8 heteroatoms. The molecule has 0 aliphatic carbocycles. The van der Waals surface area contributed by atoms with Crippen LogP contribution in [-0.4, -0.2) is 48.0 Å². The van der Waals surface area contributed by atoms with E-state index < -0.39 is 0 Å². The van der Waals surface area contributed by atoms with E-state index >= 15 is 0 Å². The predicted molar refractivity (Wildman–Crippen MR) is 81.0 cm³/mol. The first-order valence-electron chi connectivity index (χ1n) is 6.50. The number of carbonyl (C=O) groups excluding carboxylic acids is 1. The van der Waals surface area contributed by atoms with E-state index in [-0.39, 0.29) is 18.3 Å². The van der Waals surface area contributed by atoms with Gasteiger partial charge in [0, 0.05) is 20.2 Å². The lowest BCUT2D eigenvalue weighted by Gasteiger charge is -2.07. The number of methoxy groups -OCH3 is 1. The van der Waals surface area contributed by atoms with E-state index in [0.29, 0.717) is 22.6 Å². The van der Waals surface area contributed by atoms with Crippen molar-refractivity contribution in [2.75, 3.05) is 27.0 Å². The summed E-state index contributed by atoms with van der Waals surface area (Å²) in [6.07, 6.45) is 0. The largest absolute Gasteiger partial charge is 0.497 e. The number of hydrogen-bond acceptors (Lipinski definition) is 7. The summed E-state index contributed by atoms with van der Waals surface area (Å²) in [5, 5.41) is 8.09. The zero-order valence-corrected chi connectivity index (χ0v) is 13.4. The van der Waals surface area contributed by atoms with Gasteiger partial charge in [-0.05, 0) is 12.1 Å². The van der Waals surface area contributed by atoms with Crippen LogP contribution >= 0.6 is 11.8 Å². The highest BCUT2D eigenvalue weighted by molar-refractivity contribution is 7.99. The van der Waals surface area contributed by atoms with Crippen LogP contribution in [0.3, 0.4) is 0 Å². The van der Waals surface area contributed by atoms with Crippen LogP contribution in [0.5, 0.6) is 11.5 Å². The van der Waals surface area contributed by atoms with Gasteiger partial charge in [-0.1, -0.05) is 17.8 Å². The van der Waals surface area contributed by atoms with Crippen LogP contribution in [0, 0.1) is 0 Å². The molecule has 0 bridgehead atoms. The minimum absolute atomic E-state index is 0.0163. The number of benzene rings is 1. The van der Waals surface area contributed by atoms with Gasteiger partial charge in [0.25, 0.3) is 11.1 Å². The van der Waals surface area contributed by atoms with E-state index in [0.717, 1.165) is 0 Å². The average Bonchev–Trinajstić information content (AvgIpc) is 2.98. The maximum atomic E-state index is 11.5. The van der Waals surface area contributed by atoms with Crippen LogP contribution in [0.4, 0.5) is 0 Å². The lowest BCUT2D eigenvalue weighted by molar-refractivity contribution is -0.125. The van der Waals surface area contributed by atoms with Gasteiger partial charge in [0.2, 0.25) is 5.91 Å². The SMILES string of the molecule is COc1cccc(OCc2nnc(SCC(=O)N(C)C)o2)c1. The summed E-state index contributed by atoms with van der Waals surface area (Å²) in [6, 6.07) is 7.23. The molecule has 1 aromatic carbocycles. The van der Waals surface area contributed by atoms with Gasteiger partial charge in [0.05, 0.1) is 12.9 Å². The molecule has 0 radical (unpaired) electrons. The molecule has 1 heterocycles. The highest BCUT2D eigenvalue weighted by Crippen LogP contribution is 2.21. The summed E-state index contributed by atoms with van der Waals surface area (Å²) in [4.78, 5) is 13.0. The second-order valence-corrected chi connectivity index (χ2v) is 5.43. The standard InChI is InChI=1S/C14H17N3O4S/c1-17(2)13(18)9-22-14-16-15-12(21-14)8-20-11-6-4-5-10(7-11)19-3/h4-7H,8-9H2,1-3H3. The van der Waals surface area contributed by atoms with Crippen LogP contribution < -0.4 is 9.47 Å². The van der Waals surface area contributed by atoms with Crippen molar-refractivity contribution in [1.82, 2.24) is 15.1 Å². The Hall–Kier alpha value is -2.22. The van der Waals surface area contributed by atoms with Crippen molar-refractivity contribution in [3.05, 3.63) is 30.2 Å². The fourth-order valence-corrected chi connectivity index (χ4v) is 2.20. The lowest BCUT2D eigenvalue weighted by Crippen LogP contribution is -2.23. The van der Waals surface area contributed by atoms with Crippen molar-refractivity contribution in [3.63, 3.8) is 0 Å². The fraction of sp³-hybridized carbons (Fsp3) is 0.357. The third kappa shape index (κ3) is 4.66. The summed E-state index contributed by atoms with van der Waals surface area (Å²) in [7, 11) is 4.99. The number of aromatic nitrogens is 2. The van der Waals surface area contributed by atoms with Crippen molar-refractivity contribution in [2.45, 2.75) is 11.8 Å². The van der Waals surface area contributed by atoms with Crippen LogP contribution in [-0.2, 0) is 11.4 Å². The molecule has 0 aliphatic rings. The van der Waals surface area contributed by atoms with E-state index in [1.807, 2.05) is 18.2 Å². The molecule has 0 saturated carbocycles. The Balaban J connectivity index is 1.85. The van der Waals surface area contributed by atoms with Crippen molar-refractivity contribution in [3.8, 4) is 11.5 Å². The zero-order valence-electron chi connectivity index (χ0n) is 12.6. The second-order valence-electron chi connectivity index (χ2n) is 4.51. The summed E-state index contributed by atoms with van der Waals surface area (Å²) in [5.74, 6) is 1.95. The number of hydrogen-bond donors (Lipinski definition) is 0. The Morgan fingerprint density at radius 1 is 1.32 bits per heavy atom. The molecule has 0 fully saturated rings. The van der Waals surface area contributed by atoms with Crippen molar-refractivity contribution in [1.29, 1.82) is 0 Å². The molecular formula is C14H17N3O4S. The average molecular weight is 323 g/mol. The minimum Gasteiger partial charge on any atom is -0.497 e. The minimum atomic E-state index is -0.0163. The monoisotopic (exact) mass is 323 g/mol. The van der Waals surface area contributed by atoms with Gasteiger partial charge < -0.3 is 18.8 Å². The summed E-state index contributed by atoms with van der Waals surface area (Å²) < 4.78 is 16.1. The Morgan fingerprint density at radius 2 is 2.09 bits per heavy atom. The Morgan fingerprint density at radius 3 is 2.82 bits per heavy atom. The molecule has 0 N–H and O–H groups in total. The van der Waals surface area contributed by atoms with Gasteiger partial charge in [-0.25, -0.2) is 0 Å². The van der Waals surface area contributed by atoms with Crippen molar-refractivity contribution in [2.24, 2.45) is 0 Å². The first-order chi connectivity index (χ1) is 10.6. The topological polar surface area (TPSA) is 77.7 Å². The van der Waals surface area contributed by atoms with Gasteiger partial charge in [-0.3, -0.25) is 4.79 Å². The number of amides is 1. The molecule has 0 aliphatic heterocycles. The highest BCUT2D eigenvalue weighted by atomic mass is 32.2. The molecule has 0 saturated heterocycles. The van der Waals surface area contributed by atoms with Gasteiger partial charge in [-0.15, -0.1) is 10.2 Å². The molecule has 0 unspecified atom stereocenters. The molecule has 0 atom stereocenters. The highest BCUT2D eigenvalue weighted by Gasteiger charge is 2.11. The fourth-order valence-electron chi connectivity index (χ4n) is 1.44. The number of rotatable bonds is 7. The quantitative estimate of drug-likeness (QED) is 0.719. The third-order valence-corrected chi connectivity index (χ3v) is 3.47. The zero-order chi connectivity index (χ0) is 15.9. The van der Waals surface area contributed by atoms with Crippen LogP contribution in [0.15, 0.2) is 33.9 Å². The van der Waals surface area contributed by atoms with Gasteiger partial charge in [0.1, 0.15) is 11.5 Å². The lowest BCUT2D eigenvalue weighted by atomic mass is 10.3. The molecule has 118 valence electrons. The second kappa shape index (κ2) is 7.69. The number of nitrogens with zero attached hydrogens (tertiary/aromatic N) is 3. The summed E-state index contributed by atoms with van der Waals surface area (Å²) in [5.41, 5.74) is 0. The van der Waals surface area contributed by atoms with Crippen molar-refractivity contribution < 1.29 is 18.7 Å². The Kier molecular flexibility index (Phi) is 5.65. The smallest absolute Gasteiger partial charge is 0.277 e. The van der Waals surface area contributed by atoms with Crippen LogP contribution in [0.1, 0.15) is 5.89 Å². The van der Waals surface area contributed by atoms with E-state index in [9.17, 15) is 4.79 Å². The van der Waals surface area contributed by atoms with Crippen LogP contribution in [0.2, 0.25) is 0 Å². The third-order valence-electron chi connectivity index (χ3n) is 2.67. The maximum absolute atomic E-state index is 11.5. The molecule has 2 aromatic rings. The van der Waals surface area contributed by atoms with E-state index in [2.05, 4.69) is 10.2 Å². The van der Waals surface area contributed by atoms with E-state index in [4.69, 9.17) is 13.9 Å². The molecule has 1 amide bonds. The molecule has 7 nitrogen and oxygen atoms in total. The van der Waals surface area contributed by atoms with E-state index in [1.54, 1.807) is 27.3 Å². The van der Waals surface area contributed by atoms with E-state index in [1.165, 1.54) is 16.7 Å². The Bertz CT molecular complexity index is 630. The molecule has 2 rings (SSSR count). The van der Waals surface area contributed by atoms with Gasteiger partial charge in [0.15, 0.2) is 6.61 Å². The normalized spacial score (nSPS) is 10.3. The molecular weight excluding hydrogens is 306 g/mol. The molecule has 1 aromatic heterocycles. The first kappa shape index (κ1) is 16.2. The molecule has 22 heavy (non-hydrogen) atoms. The summed E-state index contributed by atoms with van der Waals surface area (Å²) >= 11 is 1.20. The van der Waals surface area contributed by atoms with Crippen molar-refractivity contribution >= 4 is 17.7 Å². The Labute approximate surface area is 132 Å². The number of thioether (sulfide) groups is 1. The predicted octanol–water partition coefficient (Wildman–Crippen LogP) is 1.84. The molecule has 0 spiro atoms.